The van der Waals surface area contributed by atoms with Crippen molar-refractivity contribution >= 4 is 5.91 Å². The van der Waals surface area contributed by atoms with E-state index in [1.807, 2.05) is 0 Å². The van der Waals surface area contributed by atoms with Gasteiger partial charge in [0.15, 0.2) is 0 Å². The fourth-order valence-electron chi connectivity index (χ4n) is 3.93. The van der Waals surface area contributed by atoms with Crippen LogP contribution in [0.2, 0.25) is 0 Å². The van der Waals surface area contributed by atoms with E-state index in [2.05, 4.69) is 0 Å². The lowest BCUT2D eigenvalue weighted by Gasteiger charge is -2.21. The van der Waals surface area contributed by atoms with Gasteiger partial charge in [-0.05, 0) is 23.3 Å². The number of halogens is 5. The van der Waals surface area contributed by atoms with Crippen LogP contribution in [0.15, 0.2) is 12.1 Å². The number of alkyl halides is 5. The summed E-state index contributed by atoms with van der Waals surface area (Å²) in [6.07, 6.45) is -4.55. The first kappa shape index (κ1) is 15.8. The lowest BCUT2D eigenvalue weighted by molar-refractivity contribution is -0.138. The molecule has 2 fully saturated rings. The normalized spacial score (nSPS) is 28.2. The molecule has 0 spiro atoms. The zero-order chi connectivity index (χ0) is 17.4. The minimum Gasteiger partial charge on any atom is -0.337 e. The molecule has 4 rings (SSSR count). The van der Waals surface area contributed by atoms with E-state index < -0.39 is 35.4 Å². The third kappa shape index (κ3) is 2.22. The van der Waals surface area contributed by atoms with Crippen LogP contribution in [0.25, 0.3) is 0 Å². The average molecular weight is 346 g/mol. The van der Waals surface area contributed by atoms with Gasteiger partial charge in [-0.15, -0.1) is 0 Å². The molecule has 130 valence electrons. The van der Waals surface area contributed by atoms with Crippen LogP contribution in [-0.4, -0.2) is 41.8 Å². The Balaban J connectivity index is 1.62. The maximum absolute atomic E-state index is 13.3. The molecule has 1 aliphatic carbocycles. The Hall–Kier alpha value is -1.70. The SMILES string of the molecule is CN1Cc2c(cc(CN3CC4C(C3)C4(F)F)cc2C(F)(F)F)C1=O. The number of carbonyl (C=O) groups is 1. The van der Waals surface area contributed by atoms with Crippen molar-refractivity contribution < 1.29 is 26.7 Å². The summed E-state index contributed by atoms with van der Waals surface area (Å²) in [5.74, 6) is -4.42. The van der Waals surface area contributed by atoms with E-state index in [1.54, 1.807) is 4.90 Å². The number of hydrogen-bond donors (Lipinski definition) is 0. The predicted molar refractivity (Wildman–Crippen MR) is 74.4 cm³/mol. The molecular weight excluding hydrogens is 331 g/mol. The van der Waals surface area contributed by atoms with Gasteiger partial charge in [-0.3, -0.25) is 9.69 Å². The Labute approximate surface area is 135 Å². The molecule has 0 radical (unpaired) electrons. The standard InChI is InChI=1S/C16H15F5N2O/c1-22-5-10-9(14(22)24)2-8(3-11(10)16(19,20)21)4-23-6-12-13(7-23)15(12,17)18/h2-3,12-13H,4-7H2,1H3. The third-order valence-electron chi connectivity index (χ3n) is 5.27. The fourth-order valence-corrected chi connectivity index (χ4v) is 3.93. The summed E-state index contributed by atoms with van der Waals surface area (Å²) in [6, 6.07) is 2.52. The Morgan fingerprint density at radius 3 is 2.42 bits per heavy atom. The Bertz CT molecular complexity index is 716. The Morgan fingerprint density at radius 1 is 1.21 bits per heavy atom. The van der Waals surface area contributed by atoms with Crippen LogP contribution in [0.4, 0.5) is 22.0 Å². The van der Waals surface area contributed by atoms with E-state index in [4.69, 9.17) is 0 Å². The van der Waals surface area contributed by atoms with Crippen molar-refractivity contribution in [1.29, 1.82) is 0 Å². The Kier molecular flexibility index (Phi) is 3.08. The van der Waals surface area contributed by atoms with Crippen molar-refractivity contribution in [2.75, 3.05) is 20.1 Å². The first-order valence-corrected chi connectivity index (χ1v) is 7.67. The predicted octanol–water partition coefficient (Wildman–Crippen LogP) is 2.99. The first-order chi connectivity index (χ1) is 11.1. The quantitative estimate of drug-likeness (QED) is 0.769. The van der Waals surface area contributed by atoms with Gasteiger partial charge >= 0.3 is 6.18 Å². The number of rotatable bonds is 2. The van der Waals surface area contributed by atoms with Crippen LogP contribution >= 0.6 is 0 Å². The van der Waals surface area contributed by atoms with Crippen LogP contribution in [0.3, 0.4) is 0 Å². The Morgan fingerprint density at radius 2 is 1.83 bits per heavy atom. The van der Waals surface area contributed by atoms with Gasteiger partial charge in [0.05, 0.1) is 5.56 Å². The zero-order valence-corrected chi connectivity index (χ0v) is 12.8. The third-order valence-corrected chi connectivity index (χ3v) is 5.27. The van der Waals surface area contributed by atoms with Gasteiger partial charge in [0, 0.05) is 50.6 Å². The number of carbonyl (C=O) groups excluding carboxylic acids is 1. The van der Waals surface area contributed by atoms with E-state index in [-0.39, 0.29) is 37.3 Å². The van der Waals surface area contributed by atoms with Gasteiger partial charge in [0.2, 0.25) is 0 Å². The van der Waals surface area contributed by atoms with Gasteiger partial charge in [0.1, 0.15) is 0 Å². The molecule has 3 aliphatic rings. The van der Waals surface area contributed by atoms with Crippen LogP contribution in [0, 0.1) is 11.8 Å². The molecule has 2 atom stereocenters. The summed E-state index contributed by atoms with van der Waals surface area (Å²) in [5, 5.41) is 0. The molecule has 1 aromatic rings. The van der Waals surface area contributed by atoms with Crippen molar-refractivity contribution in [3.05, 3.63) is 34.4 Å². The second kappa shape index (κ2) is 4.68. The van der Waals surface area contributed by atoms with Crippen LogP contribution in [0.1, 0.15) is 27.0 Å². The summed E-state index contributed by atoms with van der Waals surface area (Å²) in [4.78, 5) is 15.0. The molecule has 1 aromatic carbocycles. The summed E-state index contributed by atoms with van der Waals surface area (Å²) in [5.41, 5.74) is -0.400. The van der Waals surface area contributed by atoms with E-state index in [9.17, 15) is 26.7 Å². The van der Waals surface area contributed by atoms with E-state index in [0.29, 0.717) is 5.56 Å². The summed E-state index contributed by atoms with van der Waals surface area (Å²) >= 11 is 0. The van der Waals surface area contributed by atoms with E-state index in [1.165, 1.54) is 18.0 Å². The minimum absolute atomic E-state index is 0.00504. The molecule has 2 aliphatic heterocycles. The van der Waals surface area contributed by atoms with Gasteiger partial charge in [-0.2, -0.15) is 13.2 Å². The highest BCUT2D eigenvalue weighted by molar-refractivity contribution is 5.98. The molecule has 0 N–H and O–H groups in total. The number of amides is 1. The van der Waals surface area contributed by atoms with Crippen LogP contribution in [-0.2, 0) is 19.3 Å². The van der Waals surface area contributed by atoms with Gasteiger partial charge in [0.25, 0.3) is 11.8 Å². The van der Waals surface area contributed by atoms with E-state index in [0.717, 1.165) is 6.07 Å². The lowest BCUT2D eigenvalue weighted by atomic mass is 9.98. The molecule has 2 unspecified atom stereocenters. The van der Waals surface area contributed by atoms with Crippen molar-refractivity contribution in [3.63, 3.8) is 0 Å². The number of hydrogen-bond acceptors (Lipinski definition) is 2. The summed E-state index contributed by atoms with van der Waals surface area (Å²) in [6.45, 7) is 0.452. The first-order valence-electron chi connectivity index (χ1n) is 7.67. The molecule has 1 saturated heterocycles. The molecule has 1 amide bonds. The monoisotopic (exact) mass is 346 g/mol. The molecule has 24 heavy (non-hydrogen) atoms. The minimum atomic E-state index is -4.55. The van der Waals surface area contributed by atoms with Crippen LogP contribution in [0.5, 0.6) is 0 Å². The topological polar surface area (TPSA) is 23.6 Å². The largest absolute Gasteiger partial charge is 0.416 e. The number of benzene rings is 1. The van der Waals surface area contributed by atoms with Gasteiger partial charge in [-0.1, -0.05) is 0 Å². The highest BCUT2D eigenvalue weighted by Crippen LogP contribution is 2.59. The zero-order valence-electron chi connectivity index (χ0n) is 12.8. The number of piperidine rings is 1. The number of likely N-dealkylation sites (tertiary alicyclic amines) is 1. The summed E-state index contributed by atoms with van der Waals surface area (Å²) < 4.78 is 66.4. The molecule has 3 nitrogen and oxygen atoms in total. The molecule has 2 heterocycles. The van der Waals surface area contributed by atoms with Crippen LogP contribution < -0.4 is 0 Å². The lowest BCUT2D eigenvalue weighted by Crippen LogP contribution is -2.27. The molecular formula is C16H15F5N2O. The van der Waals surface area contributed by atoms with Gasteiger partial charge < -0.3 is 4.90 Å². The second-order valence-corrected chi connectivity index (χ2v) is 6.91. The van der Waals surface area contributed by atoms with Crippen molar-refractivity contribution in [2.45, 2.75) is 25.2 Å². The second-order valence-electron chi connectivity index (χ2n) is 6.91. The molecule has 8 heteroatoms. The highest BCUT2D eigenvalue weighted by atomic mass is 19.4. The maximum Gasteiger partial charge on any atom is 0.416 e. The van der Waals surface area contributed by atoms with Crippen molar-refractivity contribution in [1.82, 2.24) is 9.80 Å². The number of fused-ring (bicyclic) bond motifs is 2. The van der Waals surface area contributed by atoms with E-state index >= 15 is 0 Å². The smallest absolute Gasteiger partial charge is 0.337 e. The maximum atomic E-state index is 13.3. The average Bonchev–Trinajstić information content (AvgIpc) is 2.84. The molecule has 0 aromatic heterocycles. The fraction of sp³-hybridized carbons (Fsp3) is 0.562. The van der Waals surface area contributed by atoms with Gasteiger partial charge in [-0.25, -0.2) is 8.78 Å². The number of nitrogens with zero attached hydrogens (tertiary/aromatic N) is 2. The van der Waals surface area contributed by atoms with Crippen molar-refractivity contribution in [2.24, 2.45) is 11.8 Å². The summed E-state index contributed by atoms with van der Waals surface area (Å²) in [7, 11) is 1.46. The molecule has 0 bridgehead atoms. The molecule has 1 saturated carbocycles. The highest BCUT2D eigenvalue weighted by Gasteiger charge is 2.71. The van der Waals surface area contributed by atoms with Crippen molar-refractivity contribution in [3.8, 4) is 0 Å².